The van der Waals surface area contributed by atoms with Gasteiger partial charge in [0.15, 0.2) is 0 Å². The predicted octanol–water partition coefficient (Wildman–Crippen LogP) is 3.35. The number of hydrogen-bond donors (Lipinski definition) is 1. The molecule has 0 radical (unpaired) electrons. The Labute approximate surface area is 118 Å². The Bertz CT molecular complexity index is 619. The van der Waals surface area contributed by atoms with E-state index in [1.807, 2.05) is 6.07 Å². The molecule has 0 saturated carbocycles. The molecule has 0 unspecified atom stereocenters. The van der Waals surface area contributed by atoms with Crippen LogP contribution in [0.2, 0.25) is 0 Å². The first kappa shape index (κ1) is 14.2. The molecule has 0 atom stereocenters. The number of carboxylic acid groups (broad SMARTS) is 1. The fourth-order valence-electron chi connectivity index (χ4n) is 2.16. The molecule has 1 aromatic carbocycles. The second-order valence-electron chi connectivity index (χ2n) is 5.27. The van der Waals surface area contributed by atoms with E-state index < -0.39 is 5.97 Å². The van der Waals surface area contributed by atoms with E-state index in [-0.39, 0.29) is 0 Å². The maximum atomic E-state index is 11.1. The summed E-state index contributed by atoms with van der Waals surface area (Å²) in [5.41, 5.74) is 3.49. The lowest BCUT2D eigenvalue weighted by Crippen LogP contribution is -2.02. The number of nitrogens with zero attached hydrogens (tertiary/aromatic N) is 2. The molecule has 4 heteroatoms. The Balaban J connectivity index is 2.37. The quantitative estimate of drug-likeness (QED) is 0.925. The second kappa shape index (κ2) is 5.82. The topological polar surface area (TPSA) is 63.1 Å². The van der Waals surface area contributed by atoms with E-state index in [0.29, 0.717) is 22.7 Å². The first-order valence-corrected chi connectivity index (χ1v) is 6.63. The minimum atomic E-state index is -0.922. The van der Waals surface area contributed by atoms with Gasteiger partial charge in [-0.2, -0.15) is 0 Å². The zero-order valence-corrected chi connectivity index (χ0v) is 11.9. The summed E-state index contributed by atoms with van der Waals surface area (Å²) < 4.78 is 0. The van der Waals surface area contributed by atoms with E-state index >= 15 is 0 Å². The van der Waals surface area contributed by atoms with E-state index in [1.54, 1.807) is 31.5 Å². The van der Waals surface area contributed by atoms with Gasteiger partial charge in [-0.15, -0.1) is 0 Å². The number of carbonyl (C=O) groups is 1. The highest BCUT2D eigenvalue weighted by molar-refractivity contribution is 5.91. The first-order valence-electron chi connectivity index (χ1n) is 6.63. The van der Waals surface area contributed by atoms with Crippen LogP contribution in [0.5, 0.6) is 0 Å². The van der Waals surface area contributed by atoms with Crippen molar-refractivity contribution in [1.29, 1.82) is 0 Å². The van der Waals surface area contributed by atoms with Gasteiger partial charge in [0.25, 0.3) is 0 Å². The average molecular weight is 270 g/mol. The number of benzene rings is 1. The third-order valence-electron chi connectivity index (χ3n) is 3.16. The van der Waals surface area contributed by atoms with Crippen molar-refractivity contribution in [3.05, 3.63) is 47.4 Å². The highest BCUT2D eigenvalue weighted by Gasteiger charge is 2.12. The maximum Gasteiger partial charge on any atom is 0.335 e. The van der Waals surface area contributed by atoms with Crippen molar-refractivity contribution < 1.29 is 9.90 Å². The molecule has 104 valence electrons. The summed E-state index contributed by atoms with van der Waals surface area (Å²) in [7, 11) is 0. The molecule has 0 aliphatic rings. The van der Waals surface area contributed by atoms with Crippen LogP contribution in [0.15, 0.2) is 30.6 Å². The summed E-state index contributed by atoms with van der Waals surface area (Å²) in [6.45, 7) is 6.06. The summed E-state index contributed by atoms with van der Waals surface area (Å²) in [4.78, 5) is 20.0. The Morgan fingerprint density at radius 1 is 1.25 bits per heavy atom. The van der Waals surface area contributed by atoms with E-state index in [4.69, 9.17) is 5.11 Å². The zero-order chi connectivity index (χ0) is 14.7. The van der Waals surface area contributed by atoms with Gasteiger partial charge in [0.05, 0.1) is 23.1 Å². The molecule has 2 rings (SSSR count). The highest BCUT2D eigenvalue weighted by Crippen LogP contribution is 2.23. The van der Waals surface area contributed by atoms with Gasteiger partial charge in [-0.3, -0.25) is 9.97 Å². The third-order valence-corrected chi connectivity index (χ3v) is 3.16. The fourth-order valence-corrected chi connectivity index (χ4v) is 2.16. The van der Waals surface area contributed by atoms with Crippen LogP contribution in [-0.2, 0) is 6.42 Å². The Morgan fingerprint density at radius 3 is 2.55 bits per heavy atom. The number of rotatable bonds is 4. The summed E-state index contributed by atoms with van der Waals surface area (Å²) in [5, 5.41) is 9.14. The summed E-state index contributed by atoms with van der Waals surface area (Å²) in [6, 6.07) is 5.20. The standard InChI is InChI=1S/C16H18N2O2/c1-10(2)7-12-8-18-15(9-17-12)13-5-4-6-14(11(13)3)16(19)20/h4-6,8-10H,7H2,1-3H3,(H,19,20). The van der Waals surface area contributed by atoms with Crippen molar-refractivity contribution in [3.63, 3.8) is 0 Å². The number of carboxylic acids is 1. The molecule has 0 saturated heterocycles. The smallest absolute Gasteiger partial charge is 0.335 e. The van der Waals surface area contributed by atoms with Gasteiger partial charge in [-0.1, -0.05) is 26.0 Å². The van der Waals surface area contributed by atoms with Gasteiger partial charge in [-0.05, 0) is 30.9 Å². The zero-order valence-electron chi connectivity index (χ0n) is 11.9. The van der Waals surface area contributed by atoms with Crippen LogP contribution >= 0.6 is 0 Å². The fraction of sp³-hybridized carbons (Fsp3) is 0.312. The predicted molar refractivity (Wildman–Crippen MR) is 77.7 cm³/mol. The average Bonchev–Trinajstić information content (AvgIpc) is 2.39. The molecule has 0 bridgehead atoms. The molecule has 20 heavy (non-hydrogen) atoms. The van der Waals surface area contributed by atoms with Crippen LogP contribution in [0.3, 0.4) is 0 Å². The SMILES string of the molecule is Cc1c(C(=O)O)cccc1-c1cnc(CC(C)C)cn1. The molecule has 1 N–H and O–H groups in total. The molecular formula is C16H18N2O2. The van der Waals surface area contributed by atoms with E-state index in [2.05, 4.69) is 23.8 Å². The first-order chi connectivity index (χ1) is 9.49. The van der Waals surface area contributed by atoms with Crippen LogP contribution in [0.4, 0.5) is 0 Å². The van der Waals surface area contributed by atoms with Gasteiger partial charge < -0.3 is 5.11 Å². The summed E-state index contributed by atoms with van der Waals surface area (Å²) >= 11 is 0. The second-order valence-corrected chi connectivity index (χ2v) is 5.27. The monoisotopic (exact) mass is 270 g/mol. The molecule has 0 spiro atoms. The van der Waals surface area contributed by atoms with Gasteiger partial charge >= 0.3 is 5.97 Å². The van der Waals surface area contributed by atoms with Crippen molar-refractivity contribution in [1.82, 2.24) is 9.97 Å². The lowest BCUT2D eigenvalue weighted by atomic mass is 10.0. The molecule has 4 nitrogen and oxygen atoms in total. The maximum absolute atomic E-state index is 11.1. The van der Waals surface area contributed by atoms with Crippen molar-refractivity contribution in [2.45, 2.75) is 27.2 Å². The van der Waals surface area contributed by atoms with Crippen LogP contribution < -0.4 is 0 Å². The van der Waals surface area contributed by atoms with Crippen LogP contribution in [0.25, 0.3) is 11.3 Å². The molecule has 0 fully saturated rings. The van der Waals surface area contributed by atoms with Gasteiger partial charge in [0.2, 0.25) is 0 Å². The normalized spacial score (nSPS) is 10.8. The van der Waals surface area contributed by atoms with Crippen molar-refractivity contribution in [3.8, 4) is 11.3 Å². The molecule has 1 aromatic heterocycles. The van der Waals surface area contributed by atoms with Crippen molar-refractivity contribution in [2.24, 2.45) is 5.92 Å². The third kappa shape index (κ3) is 3.02. The lowest BCUT2D eigenvalue weighted by molar-refractivity contribution is 0.0696. The molecule has 0 aliphatic heterocycles. The van der Waals surface area contributed by atoms with Crippen LogP contribution in [0, 0.1) is 12.8 Å². The van der Waals surface area contributed by atoms with Gasteiger partial charge in [0, 0.05) is 11.8 Å². The Morgan fingerprint density at radius 2 is 2.00 bits per heavy atom. The van der Waals surface area contributed by atoms with E-state index in [0.717, 1.165) is 17.7 Å². The molecule has 2 aromatic rings. The minimum absolute atomic E-state index is 0.301. The number of hydrogen-bond acceptors (Lipinski definition) is 3. The Hall–Kier alpha value is -2.23. The summed E-state index contributed by atoms with van der Waals surface area (Å²) in [6.07, 6.45) is 4.37. The number of aromatic carboxylic acids is 1. The minimum Gasteiger partial charge on any atom is -0.478 e. The molecule has 1 heterocycles. The largest absolute Gasteiger partial charge is 0.478 e. The molecule has 0 aliphatic carbocycles. The lowest BCUT2D eigenvalue weighted by Gasteiger charge is -2.09. The van der Waals surface area contributed by atoms with Crippen LogP contribution in [-0.4, -0.2) is 21.0 Å². The van der Waals surface area contributed by atoms with Gasteiger partial charge in [0.1, 0.15) is 0 Å². The molecular weight excluding hydrogens is 252 g/mol. The number of aromatic nitrogens is 2. The van der Waals surface area contributed by atoms with Crippen LogP contribution in [0.1, 0.15) is 35.5 Å². The summed E-state index contributed by atoms with van der Waals surface area (Å²) in [5.74, 6) is -0.388. The molecule has 0 amide bonds. The van der Waals surface area contributed by atoms with E-state index in [9.17, 15) is 4.79 Å². The van der Waals surface area contributed by atoms with Crippen molar-refractivity contribution in [2.75, 3.05) is 0 Å². The van der Waals surface area contributed by atoms with Gasteiger partial charge in [-0.25, -0.2) is 4.79 Å². The Kier molecular flexibility index (Phi) is 4.13. The van der Waals surface area contributed by atoms with Crippen molar-refractivity contribution >= 4 is 5.97 Å². The highest BCUT2D eigenvalue weighted by atomic mass is 16.4. The van der Waals surface area contributed by atoms with E-state index in [1.165, 1.54) is 0 Å².